The molecule has 0 aliphatic heterocycles. The highest BCUT2D eigenvalue weighted by molar-refractivity contribution is 6.12. The molecular formula is C25H21N5O4. The maximum atomic E-state index is 13.3. The van der Waals surface area contributed by atoms with Crippen LogP contribution in [0.25, 0.3) is 5.52 Å². The Hall–Kier alpha value is -4.79. The van der Waals surface area contributed by atoms with E-state index in [2.05, 4.69) is 15.8 Å². The van der Waals surface area contributed by atoms with Crippen LogP contribution in [-0.4, -0.2) is 33.8 Å². The zero-order valence-corrected chi connectivity index (χ0v) is 18.3. The second-order valence-electron chi connectivity index (χ2n) is 7.49. The zero-order chi connectivity index (χ0) is 24.1. The van der Waals surface area contributed by atoms with Crippen LogP contribution in [0.4, 0.5) is 11.4 Å². The van der Waals surface area contributed by atoms with Crippen LogP contribution >= 0.6 is 0 Å². The highest BCUT2D eigenvalue weighted by Gasteiger charge is 2.22. The van der Waals surface area contributed by atoms with Crippen LogP contribution in [0.2, 0.25) is 0 Å². The first-order valence-electron chi connectivity index (χ1n) is 10.5. The van der Waals surface area contributed by atoms with Gasteiger partial charge in [0.1, 0.15) is 0 Å². The Morgan fingerprint density at radius 3 is 2.59 bits per heavy atom. The summed E-state index contributed by atoms with van der Waals surface area (Å²) in [7, 11) is 0. The Morgan fingerprint density at radius 2 is 1.82 bits per heavy atom. The number of nitrogens with zero attached hydrogens (tertiary/aromatic N) is 3. The van der Waals surface area contributed by atoms with E-state index in [4.69, 9.17) is 0 Å². The second-order valence-corrected chi connectivity index (χ2v) is 7.49. The van der Waals surface area contributed by atoms with E-state index in [1.807, 2.05) is 42.5 Å². The number of amides is 1. The molecule has 0 fully saturated rings. The van der Waals surface area contributed by atoms with Crippen LogP contribution in [-0.2, 0) is 4.79 Å². The van der Waals surface area contributed by atoms with Gasteiger partial charge < -0.3 is 9.72 Å². The maximum Gasteiger partial charge on any atom is 0.270 e. The van der Waals surface area contributed by atoms with Gasteiger partial charge in [0.15, 0.2) is 0 Å². The Balaban J connectivity index is 1.58. The number of hydrazone groups is 1. The highest BCUT2D eigenvalue weighted by Crippen LogP contribution is 2.25. The quantitative estimate of drug-likeness (QED) is 0.181. The summed E-state index contributed by atoms with van der Waals surface area (Å²) in [4.78, 5) is 36.0. The standard InChI is InChI=1S/C25H21N5O4/c1-17-21(15-27-28-23(31)16-26-19-9-3-2-4-10-19)22-12-5-6-13-29(22)24(17)25(32)18-8-7-11-20(14-18)30(33)34/h2-15,26H,16H2,1H3,(H,28,31)/b27-15+. The van der Waals surface area contributed by atoms with Gasteiger partial charge in [-0.2, -0.15) is 5.10 Å². The summed E-state index contributed by atoms with van der Waals surface area (Å²) in [6.45, 7) is 1.82. The number of hydrogen-bond donors (Lipinski definition) is 2. The summed E-state index contributed by atoms with van der Waals surface area (Å²) in [5, 5.41) is 18.2. The van der Waals surface area contributed by atoms with Gasteiger partial charge in [-0.1, -0.05) is 36.4 Å². The molecule has 2 heterocycles. The van der Waals surface area contributed by atoms with Gasteiger partial charge in [-0.05, 0) is 36.8 Å². The third-order valence-corrected chi connectivity index (χ3v) is 5.28. The molecule has 9 nitrogen and oxygen atoms in total. The molecular weight excluding hydrogens is 434 g/mol. The number of nitro groups is 1. The van der Waals surface area contributed by atoms with Gasteiger partial charge in [0.25, 0.3) is 11.6 Å². The van der Waals surface area contributed by atoms with Crippen molar-refractivity contribution in [1.82, 2.24) is 9.83 Å². The monoisotopic (exact) mass is 455 g/mol. The minimum absolute atomic E-state index is 0.0490. The van der Waals surface area contributed by atoms with Gasteiger partial charge in [-0.25, -0.2) is 5.43 Å². The minimum Gasteiger partial charge on any atom is -0.376 e. The van der Waals surface area contributed by atoms with Crippen LogP contribution in [0, 0.1) is 17.0 Å². The number of ketones is 1. The molecule has 0 spiro atoms. The minimum atomic E-state index is -0.534. The summed E-state index contributed by atoms with van der Waals surface area (Å²) in [6, 6.07) is 20.4. The number of benzene rings is 2. The van der Waals surface area contributed by atoms with Crippen molar-refractivity contribution in [3.05, 3.63) is 111 Å². The number of rotatable bonds is 8. The van der Waals surface area contributed by atoms with Crippen LogP contribution in [0.15, 0.2) is 84.1 Å². The predicted octanol–water partition coefficient (Wildman–Crippen LogP) is 3.95. The number of para-hydroxylation sites is 1. The smallest absolute Gasteiger partial charge is 0.270 e. The van der Waals surface area contributed by atoms with Crippen molar-refractivity contribution in [2.24, 2.45) is 5.10 Å². The number of nitrogens with one attached hydrogen (secondary N) is 2. The van der Waals surface area contributed by atoms with Crippen molar-refractivity contribution in [3.8, 4) is 0 Å². The average molecular weight is 455 g/mol. The van der Waals surface area contributed by atoms with Gasteiger partial charge in [0.05, 0.1) is 28.9 Å². The van der Waals surface area contributed by atoms with E-state index in [0.29, 0.717) is 22.3 Å². The Morgan fingerprint density at radius 1 is 1.06 bits per heavy atom. The first kappa shape index (κ1) is 22.4. The number of carbonyl (C=O) groups is 2. The van der Waals surface area contributed by atoms with E-state index in [0.717, 1.165) is 5.69 Å². The first-order chi connectivity index (χ1) is 16.5. The lowest BCUT2D eigenvalue weighted by Gasteiger charge is -2.04. The zero-order valence-electron chi connectivity index (χ0n) is 18.3. The lowest BCUT2D eigenvalue weighted by molar-refractivity contribution is -0.384. The van der Waals surface area contributed by atoms with Gasteiger partial charge in [-0.3, -0.25) is 19.7 Å². The first-order valence-corrected chi connectivity index (χ1v) is 10.5. The van der Waals surface area contributed by atoms with Crippen molar-refractivity contribution in [2.75, 3.05) is 11.9 Å². The molecule has 1 amide bonds. The number of fused-ring (bicyclic) bond motifs is 1. The van der Waals surface area contributed by atoms with Gasteiger partial charge >= 0.3 is 0 Å². The van der Waals surface area contributed by atoms with Crippen LogP contribution in [0.5, 0.6) is 0 Å². The van der Waals surface area contributed by atoms with E-state index >= 15 is 0 Å². The molecule has 34 heavy (non-hydrogen) atoms. The topological polar surface area (TPSA) is 118 Å². The highest BCUT2D eigenvalue weighted by atomic mass is 16.6. The Bertz CT molecular complexity index is 1410. The number of non-ortho nitro benzene ring substituents is 1. The Labute approximate surface area is 194 Å². The molecule has 2 aromatic carbocycles. The molecule has 0 radical (unpaired) electrons. The van der Waals surface area contributed by atoms with Gasteiger partial charge in [0, 0.05) is 35.1 Å². The Kier molecular flexibility index (Phi) is 6.45. The second kappa shape index (κ2) is 9.78. The number of carbonyl (C=O) groups excluding carboxylic acids is 2. The molecule has 0 bridgehead atoms. The van der Waals surface area contributed by atoms with E-state index in [9.17, 15) is 19.7 Å². The molecule has 9 heteroatoms. The fourth-order valence-electron chi connectivity index (χ4n) is 3.64. The molecule has 0 aliphatic carbocycles. The lowest BCUT2D eigenvalue weighted by atomic mass is 10.0. The van der Waals surface area contributed by atoms with E-state index in [1.165, 1.54) is 24.4 Å². The summed E-state index contributed by atoms with van der Waals surface area (Å²) < 4.78 is 1.72. The third kappa shape index (κ3) is 4.68. The molecule has 2 N–H and O–H groups in total. The van der Waals surface area contributed by atoms with Crippen LogP contribution < -0.4 is 10.7 Å². The molecule has 4 aromatic rings. The number of pyridine rings is 1. The predicted molar refractivity (Wildman–Crippen MR) is 129 cm³/mol. The molecule has 0 aliphatic rings. The molecule has 0 saturated carbocycles. The molecule has 4 rings (SSSR count). The summed E-state index contributed by atoms with van der Waals surface area (Å²) >= 11 is 0. The maximum absolute atomic E-state index is 13.3. The van der Waals surface area contributed by atoms with Gasteiger partial charge in [0.2, 0.25) is 5.78 Å². The molecule has 0 unspecified atom stereocenters. The van der Waals surface area contributed by atoms with Crippen molar-refractivity contribution < 1.29 is 14.5 Å². The fourth-order valence-corrected chi connectivity index (χ4v) is 3.64. The van der Waals surface area contributed by atoms with E-state index < -0.39 is 4.92 Å². The third-order valence-electron chi connectivity index (χ3n) is 5.28. The summed E-state index contributed by atoms with van der Waals surface area (Å²) in [5.41, 5.74) is 5.75. The van der Waals surface area contributed by atoms with Crippen molar-refractivity contribution in [2.45, 2.75) is 6.92 Å². The van der Waals surface area contributed by atoms with Crippen molar-refractivity contribution >= 4 is 34.8 Å². The number of aromatic nitrogens is 1. The number of nitro benzene ring substituents is 1. The van der Waals surface area contributed by atoms with Crippen LogP contribution in [0.3, 0.4) is 0 Å². The van der Waals surface area contributed by atoms with E-state index in [1.54, 1.807) is 29.7 Å². The summed E-state index contributed by atoms with van der Waals surface area (Å²) in [6.07, 6.45) is 3.24. The SMILES string of the molecule is Cc1c(/C=N/NC(=O)CNc2ccccc2)c2ccccn2c1C(=O)c1cccc([N+](=O)[O-])c1. The largest absolute Gasteiger partial charge is 0.376 e. The number of anilines is 1. The molecule has 2 aromatic heterocycles. The normalized spacial score (nSPS) is 11.0. The van der Waals surface area contributed by atoms with E-state index in [-0.39, 0.29) is 29.5 Å². The van der Waals surface area contributed by atoms with Crippen molar-refractivity contribution in [3.63, 3.8) is 0 Å². The van der Waals surface area contributed by atoms with Crippen molar-refractivity contribution in [1.29, 1.82) is 0 Å². The molecule has 0 saturated heterocycles. The van der Waals surface area contributed by atoms with Crippen LogP contribution in [0.1, 0.15) is 27.2 Å². The average Bonchev–Trinajstić information content (AvgIpc) is 3.14. The summed E-state index contributed by atoms with van der Waals surface area (Å²) in [5.74, 6) is -0.674. The van der Waals surface area contributed by atoms with Gasteiger partial charge in [-0.15, -0.1) is 0 Å². The lowest BCUT2D eigenvalue weighted by Crippen LogP contribution is -2.25. The molecule has 0 atom stereocenters. The fraction of sp³-hybridized carbons (Fsp3) is 0.0800. The number of hydrogen-bond acceptors (Lipinski definition) is 6. The molecule has 170 valence electrons.